The van der Waals surface area contributed by atoms with Gasteiger partial charge < -0.3 is 10.2 Å². The van der Waals surface area contributed by atoms with E-state index < -0.39 is 22.6 Å². The Kier molecular flexibility index (Phi) is 4.98. The van der Waals surface area contributed by atoms with E-state index in [4.69, 9.17) is 0 Å². The first-order valence-electron chi connectivity index (χ1n) is 9.56. The lowest BCUT2D eigenvalue weighted by Crippen LogP contribution is -2.33. The Hall–Kier alpha value is -2.43. The quantitative estimate of drug-likeness (QED) is 0.738. The summed E-state index contributed by atoms with van der Waals surface area (Å²) in [5.74, 6) is -2.21. The third-order valence-corrected chi connectivity index (χ3v) is 5.55. The summed E-state index contributed by atoms with van der Waals surface area (Å²) < 4.78 is 14.0. The number of aliphatic hydroxyl groups excluding tert-OH is 2. The van der Waals surface area contributed by atoms with Crippen molar-refractivity contribution in [3.63, 3.8) is 0 Å². The van der Waals surface area contributed by atoms with Crippen molar-refractivity contribution < 1.29 is 24.2 Å². The van der Waals surface area contributed by atoms with Crippen LogP contribution in [0, 0.1) is 16.6 Å². The smallest absolute Gasteiger partial charge is 0.163 e. The van der Waals surface area contributed by atoms with Gasteiger partial charge >= 0.3 is 0 Å². The highest BCUT2D eigenvalue weighted by Gasteiger charge is 2.43. The maximum atomic E-state index is 14.0. The molecule has 0 fully saturated rings. The van der Waals surface area contributed by atoms with E-state index in [9.17, 15) is 24.2 Å². The van der Waals surface area contributed by atoms with Crippen LogP contribution in [0.5, 0.6) is 0 Å². The largest absolute Gasteiger partial charge is 0.512 e. The fourth-order valence-electron chi connectivity index (χ4n) is 4.42. The third-order valence-electron chi connectivity index (χ3n) is 5.55. The van der Waals surface area contributed by atoms with Crippen LogP contribution in [0.3, 0.4) is 0 Å². The van der Waals surface area contributed by atoms with Crippen molar-refractivity contribution in [1.29, 1.82) is 0 Å². The Morgan fingerprint density at radius 3 is 1.71 bits per heavy atom. The number of allylic oxidation sites excluding steroid dienone is 4. The molecule has 2 N–H and O–H groups in total. The van der Waals surface area contributed by atoms with E-state index in [0.717, 1.165) is 0 Å². The first-order chi connectivity index (χ1) is 12.9. The number of Topliss-reactive ketones (excluding diaryl/α,β-unsaturated/α-hetero) is 2. The molecular formula is C23H27FO4. The zero-order valence-corrected chi connectivity index (χ0v) is 16.8. The molecule has 2 aliphatic rings. The van der Waals surface area contributed by atoms with Gasteiger partial charge in [-0.3, -0.25) is 9.59 Å². The second-order valence-electron chi connectivity index (χ2n) is 9.59. The Balaban J connectivity index is 2.23. The molecule has 5 heteroatoms. The summed E-state index contributed by atoms with van der Waals surface area (Å²) in [6, 6.07) is 5.65. The predicted octanol–water partition coefficient (Wildman–Crippen LogP) is 5.31. The molecule has 4 nitrogen and oxygen atoms in total. The number of ketones is 2. The fraction of sp³-hybridized carbons (Fsp3) is 0.478. The van der Waals surface area contributed by atoms with Crippen LogP contribution in [0.4, 0.5) is 4.39 Å². The molecule has 3 rings (SSSR count). The molecule has 1 aromatic carbocycles. The fourth-order valence-corrected chi connectivity index (χ4v) is 4.42. The monoisotopic (exact) mass is 386 g/mol. The van der Waals surface area contributed by atoms with Crippen molar-refractivity contribution in [2.45, 2.75) is 59.3 Å². The Bertz CT molecular complexity index is 853. The molecule has 0 atom stereocenters. The summed E-state index contributed by atoms with van der Waals surface area (Å²) in [4.78, 5) is 26.0. The third kappa shape index (κ3) is 3.89. The number of rotatable bonds is 3. The molecule has 1 aromatic rings. The molecule has 0 amide bonds. The lowest BCUT2D eigenvalue weighted by molar-refractivity contribution is -0.119. The van der Waals surface area contributed by atoms with Crippen LogP contribution in [-0.2, 0) is 9.59 Å². The first-order valence-corrected chi connectivity index (χ1v) is 9.56. The summed E-state index contributed by atoms with van der Waals surface area (Å²) >= 11 is 0. The standard InChI is InChI=1S/C23H27FO4/c1-22(2)9-15(25)20(16(26)10-22)19(13-6-5-7-14(24)8-13)21-17(27)11-23(3,4)12-18(21)28/h5-8,19,25,27H,9-12H2,1-4H3. The van der Waals surface area contributed by atoms with Crippen molar-refractivity contribution in [3.05, 3.63) is 58.3 Å². The van der Waals surface area contributed by atoms with Gasteiger partial charge in [0, 0.05) is 42.7 Å². The van der Waals surface area contributed by atoms with Crippen LogP contribution in [0.25, 0.3) is 0 Å². The van der Waals surface area contributed by atoms with Crippen molar-refractivity contribution in [3.8, 4) is 0 Å². The van der Waals surface area contributed by atoms with Gasteiger partial charge in [0.2, 0.25) is 0 Å². The van der Waals surface area contributed by atoms with Crippen LogP contribution < -0.4 is 0 Å². The molecule has 150 valence electrons. The summed E-state index contributed by atoms with van der Waals surface area (Å²) in [6.45, 7) is 7.56. The number of aliphatic hydroxyl groups is 2. The van der Waals surface area contributed by atoms with Crippen LogP contribution in [0.2, 0.25) is 0 Å². The maximum Gasteiger partial charge on any atom is 0.163 e. The van der Waals surface area contributed by atoms with Gasteiger partial charge in [0.05, 0.1) is 0 Å². The first kappa shape index (κ1) is 20.3. The van der Waals surface area contributed by atoms with E-state index in [0.29, 0.717) is 5.56 Å². The van der Waals surface area contributed by atoms with Gasteiger partial charge in [0.1, 0.15) is 17.3 Å². The van der Waals surface area contributed by atoms with E-state index in [1.54, 1.807) is 6.07 Å². The van der Waals surface area contributed by atoms with Crippen LogP contribution in [-0.4, -0.2) is 21.8 Å². The molecule has 28 heavy (non-hydrogen) atoms. The minimum absolute atomic E-state index is 0.0894. The SMILES string of the molecule is CC1(C)CC(=O)C(C(C2=C(O)CC(C)(C)CC2=O)c2cccc(F)c2)=C(O)C1. The number of hydrogen-bond acceptors (Lipinski definition) is 4. The Morgan fingerprint density at radius 2 is 1.32 bits per heavy atom. The molecule has 2 aliphatic carbocycles. The molecule has 0 bridgehead atoms. The number of carbonyl (C=O) groups is 2. The van der Waals surface area contributed by atoms with E-state index >= 15 is 0 Å². The number of hydrogen-bond donors (Lipinski definition) is 2. The lowest BCUT2D eigenvalue weighted by atomic mass is 9.67. The maximum absolute atomic E-state index is 14.0. The van der Waals surface area contributed by atoms with E-state index in [-0.39, 0.29) is 59.9 Å². The van der Waals surface area contributed by atoms with E-state index in [1.165, 1.54) is 18.2 Å². The lowest BCUT2D eigenvalue weighted by Gasteiger charge is -2.36. The summed E-state index contributed by atoms with van der Waals surface area (Å²) in [6.07, 6.45) is 0.999. The van der Waals surface area contributed by atoms with Gasteiger partial charge in [-0.2, -0.15) is 0 Å². The molecule has 0 saturated heterocycles. The van der Waals surface area contributed by atoms with Crippen molar-refractivity contribution in [2.75, 3.05) is 0 Å². The van der Waals surface area contributed by atoms with Crippen molar-refractivity contribution in [2.24, 2.45) is 10.8 Å². The van der Waals surface area contributed by atoms with Crippen molar-refractivity contribution in [1.82, 2.24) is 0 Å². The minimum Gasteiger partial charge on any atom is -0.512 e. The predicted molar refractivity (Wildman–Crippen MR) is 104 cm³/mol. The molecular weight excluding hydrogens is 359 g/mol. The molecule has 0 saturated carbocycles. The molecule has 0 aliphatic heterocycles. The van der Waals surface area contributed by atoms with Gasteiger partial charge in [-0.25, -0.2) is 4.39 Å². The van der Waals surface area contributed by atoms with Crippen LogP contribution in [0.1, 0.15) is 64.9 Å². The molecule has 0 aromatic heterocycles. The average Bonchev–Trinajstić information content (AvgIpc) is 2.49. The zero-order chi connectivity index (χ0) is 20.9. The van der Waals surface area contributed by atoms with Gasteiger partial charge in [-0.1, -0.05) is 39.8 Å². The highest BCUT2D eigenvalue weighted by molar-refractivity contribution is 6.05. The van der Waals surface area contributed by atoms with Gasteiger partial charge in [-0.05, 0) is 28.5 Å². The second kappa shape index (κ2) is 6.87. The topological polar surface area (TPSA) is 74.6 Å². The van der Waals surface area contributed by atoms with Gasteiger partial charge in [0.15, 0.2) is 11.6 Å². The highest BCUT2D eigenvalue weighted by Crippen LogP contribution is 2.47. The van der Waals surface area contributed by atoms with Crippen molar-refractivity contribution >= 4 is 11.6 Å². The van der Waals surface area contributed by atoms with Gasteiger partial charge in [-0.15, -0.1) is 0 Å². The second-order valence-corrected chi connectivity index (χ2v) is 9.59. The summed E-state index contributed by atoms with van der Waals surface area (Å²) in [7, 11) is 0. The van der Waals surface area contributed by atoms with Crippen LogP contribution >= 0.6 is 0 Å². The molecule has 0 unspecified atom stereocenters. The number of halogens is 1. The Morgan fingerprint density at radius 1 is 0.857 bits per heavy atom. The average molecular weight is 386 g/mol. The normalized spacial score (nSPS) is 22.2. The number of benzene rings is 1. The molecule has 0 spiro atoms. The molecule has 0 heterocycles. The van der Waals surface area contributed by atoms with E-state index in [1.807, 2.05) is 27.7 Å². The van der Waals surface area contributed by atoms with Gasteiger partial charge in [0.25, 0.3) is 0 Å². The summed E-state index contributed by atoms with van der Waals surface area (Å²) in [5.41, 5.74) is -0.221. The summed E-state index contributed by atoms with van der Waals surface area (Å²) in [5, 5.41) is 21.5. The zero-order valence-electron chi connectivity index (χ0n) is 16.8. The Labute approximate surface area is 164 Å². The number of carbonyl (C=O) groups excluding carboxylic acids is 2. The molecule has 0 radical (unpaired) electrons. The highest BCUT2D eigenvalue weighted by atomic mass is 19.1. The minimum atomic E-state index is -0.970. The van der Waals surface area contributed by atoms with Crippen LogP contribution in [0.15, 0.2) is 46.9 Å². The van der Waals surface area contributed by atoms with E-state index in [2.05, 4.69) is 0 Å².